The van der Waals surface area contributed by atoms with Crippen LogP contribution in [-0.2, 0) is 21.7 Å². The van der Waals surface area contributed by atoms with Crippen LogP contribution in [0, 0.1) is 0 Å². The molecule has 0 radical (unpaired) electrons. The number of esters is 1. The molecule has 3 aromatic rings. The average Bonchev–Trinajstić information content (AvgIpc) is 2.99. The maximum atomic E-state index is 12.3. The molecule has 0 aliphatic carbocycles. The van der Waals surface area contributed by atoms with Gasteiger partial charge >= 0.3 is 11.2 Å². The van der Waals surface area contributed by atoms with E-state index in [4.69, 9.17) is 4.42 Å². The Morgan fingerprint density at radius 1 is 1.23 bits per heavy atom. The summed E-state index contributed by atoms with van der Waals surface area (Å²) in [5.74, 6) is -0.125. The molecule has 1 aromatic heterocycles. The van der Waals surface area contributed by atoms with Crippen molar-refractivity contribution >= 4 is 28.2 Å². The van der Waals surface area contributed by atoms with E-state index in [9.17, 15) is 9.35 Å². The number of hydrogen-bond donors (Lipinski definition) is 0. The lowest BCUT2D eigenvalue weighted by atomic mass is 10.1. The molecule has 0 bridgehead atoms. The number of methoxy groups -OCH3 is 1. The highest BCUT2D eigenvalue weighted by molar-refractivity contribution is 7.90. The highest BCUT2D eigenvalue weighted by atomic mass is 32.2. The van der Waals surface area contributed by atoms with Crippen molar-refractivity contribution in [3.8, 4) is 0 Å². The lowest BCUT2D eigenvalue weighted by Crippen LogP contribution is -2.06. The van der Waals surface area contributed by atoms with Crippen LogP contribution in [0.4, 0.5) is 0 Å². The molecule has 1 atom stereocenters. The second-order valence-electron chi connectivity index (χ2n) is 4.63. The number of rotatable bonds is 4. The molecule has 0 aliphatic heterocycles. The first-order valence-corrected chi connectivity index (χ1v) is 7.90. The van der Waals surface area contributed by atoms with Gasteiger partial charge in [-0.2, -0.15) is 4.98 Å². The van der Waals surface area contributed by atoms with Crippen LogP contribution in [0.1, 0.15) is 15.9 Å². The van der Waals surface area contributed by atoms with Gasteiger partial charge in [-0.3, -0.25) is 0 Å². The monoisotopic (exact) mass is 315 g/mol. The minimum Gasteiger partial charge on any atom is -0.607 e. The number of hydrogen-bond acceptors (Lipinski definition) is 5. The Hall–Kier alpha value is -2.31. The zero-order valence-electron chi connectivity index (χ0n) is 11.8. The van der Waals surface area contributed by atoms with E-state index in [2.05, 4.69) is 9.72 Å². The molecular weight excluding hydrogens is 302 g/mol. The number of aromatic nitrogens is 1. The molecule has 0 aliphatic rings. The number of ether oxygens (including phenoxy) is 1. The van der Waals surface area contributed by atoms with Gasteiger partial charge in [0, 0.05) is 5.56 Å². The fourth-order valence-electron chi connectivity index (χ4n) is 2.02. The lowest BCUT2D eigenvalue weighted by molar-refractivity contribution is 0.0600. The predicted octanol–water partition coefficient (Wildman–Crippen LogP) is 2.92. The fraction of sp³-hybridized carbons (Fsp3) is 0.125. The second kappa shape index (κ2) is 6.21. The zero-order chi connectivity index (χ0) is 15.5. The number of fused-ring (bicyclic) bond motifs is 1. The summed E-state index contributed by atoms with van der Waals surface area (Å²) in [6.45, 7) is 0. The summed E-state index contributed by atoms with van der Waals surface area (Å²) >= 11 is -1.38. The van der Waals surface area contributed by atoms with Crippen LogP contribution in [0.15, 0.2) is 58.2 Å². The third kappa shape index (κ3) is 2.98. The van der Waals surface area contributed by atoms with Gasteiger partial charge in [0.25, 0.3) is 0 Å². The van der Waals surface area contributed by atoms with Gasteiger partial charge in [-0.15, -0.1) is 0 Å². The molecule has 1 unspecified atom stereocenters. The Labute approximate surface area is 130 Å². The summed E-state index contributed by atoms with van der Waals surface area (Å²) < 4.78 is 22.5. The van der Waals surface area contributed by atoms with E-state index in [0.29, 0.717) is 16.7 Å². The number of benzene rings is 2. The Morgan fingerprint density at radius 3 is 2.64 bits per heavy atom. The van der Waals surface area contributed by atoms with Gasteiger partial charge in [-0.05, 0) is 24.3 Å². The Kier molecular flexibility index (Phi) is 4.13. The standard InChI is InChI=1S/C16H13NO4S/c1-20-15(18)12-8-6-11(7-9-12)10-22(19)16-17-13-4-2-3-5-14(13)21-16/h2-9H,10H2,1H3. The van der Waals surface area contributed by atoms with Crippen molar-refractivity contribution in [2.45, 2.75) is 11.0 Å². The molecule has 0 saturated heterocycles. The van der Waals surface area contributed by atoms with Gasteiger partial charge < -0.3 is 13.7 Å². The van der Waals surface area contributed by atoms with Crippen LogP contribution in [0.3, 0.4) is 0 Å². The first kappa shape index (κ1) is 14.6. The summed E-state index contributed by atoms with van der Waals surface area (Å²) in [6.07, 6.45) is 0. The van der Waals surface area contributed by atoms with Crippen molar-refractivity contribution in [1.29, 1.82) is 0 Å². The molecule has 5 nitrogen and oxygen atoms in total. The summed E-state index contributed by atoms with van der Waals surface area (Å²) in [5.41, 5.74) is 2.59. The van der Waals surface area contributed by atoms with E-state index in [0.717, 1.165) is 5.56 Å². The molecule has 0 N–H and O–H groups in total. The topological polar surface area (TPSA) is 75.4 Å². The van der Waals surface area contributed by atoms with Crippen LogP contribution in [0.5, 0.6) is 0 Å². The molecule has 0 spiro atoms. The summed E-state index contributed by atoms with van der Waals surface area (Å²) in [6, 6.07) is 14.1. The fourth-order valence-corrected chi connectivity index (χ4v) is 3.02. The molecular formula is C16H13NO4S. The van der Waals surface area contributed by atoms with Crippen LogP contribution < -0.4 is 0 Å². The van der Waals surface area contributed by atoms with Gasteiger partial charge in [-0.25, -0.2) is 4.79 Å². The Bertz CT molecular complexity index is 764. The average molecular weight is 315 g/mol. The first-order valence-electron chi connectivity index (χ1n) is 6.58. The van der Waals surface area contributed by atoms with Gasteiger partial charge in [0.15, 0.2) is 5.58 Å². The number of carbonyl (C=O) groups excluding carboxylic acids is 1. The molecule has 22 heavy (non-hydrogen) atoms. The van der Waals surface area contributed by atoms with Gasteiger partial charge in [0.1, 0.15) is 11.3 Å². The summed E-state index contributed by atoms with van der Waals surface area (Å²) in [4.78, 5) is 15.6. The van der Waals surface area contributed by atoms with Crippen molar-refractivity contribution in [2.75, 3.05) is 7.11 Å². The minimum atomic E-state index is -1.38. The van der Waals surface area contributed by atoms with Crippen LogP contribution in [0.2, 0.25) is 0 Å². The lowest BCUT2D eigenvalue weighted by Gasteiger charge is -2.06. The van der Waals surface area contributed by atoms with Crippen molar-refractivity contribution in [3.63, 3.8) is 0 Å². The van der Waals surface area contributed by atoms with Crippen molar-refractivity contribution in [1.82, 2.24) is 4.98 Å². The number of carbonyl (C=O) groups is 1. The van der Waals surface area contributed by atoms with Crippen LogP contribution >= 0.6 is 0 Å². The molecule has 1 heterocycles. The maximum Gasteiger partial charge on any atom is 0.416 e. The van der Waals surface area contributed by atoms with Crippen molar-refractivity contribution in [2.24, 2.45) is 0 Å². The molecule has 0 amide bonds. The van der Waals surface area contributed by atoms with Crippen LogP contribution in [-0.4, -0.2) is 22.6 Å². The van der Waals surface area contributed by atoms with Gasteiger partial charge in [-0.1, -0.05) is 24.3 Å². The van der Waals surface area contributed by atoms with Crippen LogP contribution in [0.25, 0.3) is 11.1 Å². The van der Waals surface area contributed by atoms with Crippen molar-refractivity contribution in [3.05, 3.63) is 59.7 Å². The molecule has 0 fully saturated rings. The van der Waals surface area contributed by atoms with Gasteiger partial charge in [0.05, 0.1) is 23.8 Å². The highest BCUT2D eigenvalue weighted by Crippen LogP contribution is 2.21. The molecule has 3 rings (SSSR count). The van der Waals surface area contributed by atoms with E-state index in [1.807, 2.05) is 18.2 Å². The molecule has 0 saturated carbocycles. The number of para-hydroxylation sites is 2. The third-order valence-electron chi connectivity index (χ3n) is 3.14. The largest absolute Gasteiger partial charge is 0.607 e. The van der Waals surface area contributed by atoms with E-state index in [1.54, 1.807) is 30.3 Å². The Morgan fingerprint density at radius 2 is 1.95 bits per heavy atom. The smallest absolute Gasteiger partial charge is 0.416 e. The van der Waals surface area contributed by atoms with Crippen molar-refractivity contribution < 1.29 is 18.5 Å². The second-order valence-corrected chi connectivity index (χ2v) is 5.95. The predicted molar refractivity (Wildman–Crippen MR) is 81.9 cm³/mol. The SMILES string of the molecule is COC(=O)c1ccc(C[S+]([O-])c2nc3ccccc3o2)cc1. The summed E-state index contributed by atoms with van der Waals surface area (Å²) in [7, 11) is 1.33. The van der Waals surface area contributed by atoms with Gasteiger partial charge in [0.2, 0.25) is 0 Å². The molecule has 2 aromatic carbocycles. The first-order chi connectivity index (χ1) is 10.7. The third-order valence-corrected chi connectivity index (χ3v) is 4.30. The summed E-state index contributed by atoms with van der Waals surface area (Å²) in [5, 5.41) is 0.207. The molecule has 6 heteroatoms. The quantitative estimate of drug-likeness (QED) is 0.546. The van der Waals surface area contributed by atoms with E-state index < -0.39 is 17.1 Å². The molecule has 112 valence electrons. The zero-order valence-corrected chi connectivity index (χ0v) is 12.6. The normalized spacial score (nSPS) is 12.3. The number of oxazole rings is 1. The minimum absolute atomic E-state index is 0.207. The maximum absolute atomic E-state index is 12.3. The van der Waals surface area contributed by atoms with E-state index >= 15 is 0 Å². The Balaban J connectivity index is 1.75. The van der Waals surface area contributed by atoms with E-state index in [1.165, 1.54) is 7.11 Å². The highest BCUT2D eigenvalue weighted by Gasteiger charge is 2.20. The number of nitrogens with zero attached hydrogens (tertiary/aromatic N) is 1. The van der Waals surface area contributed by atoms with E-state index in [-0.39, 0.29) is 11.0 Å².